The number of benzene rings is 1. The van der Waals surface area contributed by atoms with Gasteiger partial charge in [0, 0.05) is 6.42 Å². The van der Waals surface area contributed by atoms with Crippen LogP contribution in [-0.2, 0) is 16.0 Å². The molecule has 1 heterocycles. The van der Waals surface area contributed by atoms with Crippen molar-refractivity contribution in [1.29, 1.82) is 0 Å². The molecule has 1 aliphatic heterocycles. The first-order valence-corrected chi connectivity index (χ1v) is 7.74. The van der Waals surface area contributed by atoms with Crippen molar-refractivity contribution in [3.63, 3.8) is 0 Å². The number of unbranched alkanes of at least 4 members (excludes halogenated alkanes) is 1. The number of hydrogen-bond acceptors (Lipinski definition) is 5. The van der Waals surface area contributed by atoms with Crippen LogP contribution in [0, 0.1) is 5.92 Å². The number of carbonyl (C=O) groups is 1. The molecule has 1 aromatic rings. The predicted molar refractivity (Wildman–Crippen MR) is 85.5 cm³/mol. The van der Waals surface area contributed by atoms with Gasteiger partial charge in [-0.1, -0.05) is 30.7 Å². The summed E-state index contributed by atoms with van der Waals surface area (Å²) in [5, 5.41) is 13.8. The molecule has 3 N–H and O–H groups in total. The summed E-state index contributed by atoms with van der Waals surface area (Å²) in [5.74, 6) is 4.45. The summed E-state index contributed by atoms with van der Waals surface area (Å²) in [5.41, 5.74) is 1.29. The molecule has 1 saturated heterocycles. The van der Waals surface area contributed by atoms with Gasteiger partial charge < -0.3 is 15.7 Å². The molecule has 2 unspecified atom stereocenters. The summed E-state index contributed by atoms with van der Waals surface area (Å²) in [6.07, 6.45) is 5.62. The van der Waals surface area contributed by atoms with Crippen LogP contribution in [0.3, 0.4) is 0 Å². The molecule has 0 aliphatic carbocycles. The summed E-state index contributed by atoms with van der Waals surface area (Å²) < 4.78 is 5.06. The molecular weight excluding hydrogens is 280 g/mol. The van der Waals surface area contributed by atoms with Crippen LogP contribution >= 0.6 is 0 Å². The number of esters is 1. The Hall–Kier alpha value is -1.88. The Balaban J connectivity index is 1.77. The molecule has 1 fully saturated rings. The molecule has 5 nitrogen and oxygen atoms in total. The number of rotatable bonds is 6. The third kappa shape index (κ3) is 4.31. The normalized spacial score (nSPS) is 25.4. The van der Waals surface area contributed by atoms with Gasteiger partial charge in [-0.15, -0.1) is 0 Å². The van der Waals surface area contributed by atoms with Crippen LogP contribution in [0.15, 0.2) is 29.4 Å². The summed E-state index contributed by atoms with van der Waals surface area (Å²) in [6.45, 7) is 2.05. The van der Waals surface area contributed by atoms with Gasteiger partial charge in [0.1, 0.15) is 0 Å². The zero-order valence-electron chi connectivity index (χ0n) is 13.0. The Morgan fingerprint density at radius 1 is 1.41 bits per heavy atom. The fourth-order valence-corrected chi connectivity index (χ4v) is 2.85. The van der Waals surface area contributed by atoms with E-state index in [9.17, 15) is 9.90 Å². The van der Waals surface area contributed by atoms with E-state index in [1.165, 1.54) is 5.56 Å². The summed E-state index contributed by atoms with van der Waals surface area (Å²) in [7, 11) is 0. The third-order valence-electron chi connectivity index (χ3n) is 4.30. The van der Waals surface area contributed by atoms with E-state index in [0.717, 1.165) is 24.8 Å². The molecule has 5 heteroatoms. The largest absolute Gasteiger partial charge is 0.465 e. The minimum Gasteiger partial charge on any atom is -0.465 e. The lowest BCUT2D eigenvalue weighted by Crippen LogP contribution is -2.45. The van der Waals surface area contributed by atoms with Crippen molar-refractivity contribution in [2.24, 2.45) is 16.9 Å². The highest BCUT2D eigenvalue weighted by Crippen LogP contribution is 2.31. The first kappa shape index (κ1) is 16.5. The van der Waals surface area contributed by atoms with E-state index in [4.69, 9.17) is 10.6 Å². The minimum absolute atomic E-state index is 0.262. The highest BCUT2D eigenvalue weighted by Gasteiger charge is 2.41. The maximum atomic E-state index is 11.8. The van der Waals surface area contributed by atoms with Crippen molar-refractivity contribution in [3.05, 3.63) is 35.4 Å². The molecule has 1 aromatic carbocycles. The Morgan fingerprint density at radius 2 is 2.14 bits per heavy atom. The zero-order chi connectivity index (χ0) is 16.0. The molecular formula is C17H24N2O3. The second-order valence-electron chi connectivity index (χ2n) is 6.09. The van der Waals surface area contributed by atoms with Crippen LogP contribution in [0.4, 0.5) is 0 Å². The van der Waals surface area contributed by atoms with Crippen molar-refractivity contribution < 1.29 is 14.6 Å². The monoisotopic (exact) mass is 304 g/mol. The summed E-state index contributed by atoms with van der Waals surface area (Å²) >= 11 is 0. The van der Waals surface area contributed by atoms with Crippen LogP contribution in [0.1, 0.15) is 43.7 Å². The van der Waals surface area contributed by atoms with E-state index in [0.29, 0.717) is 19.4 Å². The van der Waals surface area contributed by atoms with Crippen molar-refractivity contribution in [1.82, 2.24) is 0 Å². The topological polar surface area (TPSA) is 84.9 Å². The average Bonchev–Trinajstić information content (AvgIpc) is 2.47. The Bertz CT molecular complexity index is 523. The fourth-order valence-electron chi connectivity index (χ4n) is 2.85. The van der Waals surface area contributed by atoms with Gasteiger partial charge in [-0.2, -0.15) is 5.10 Å². The second kappa shape index (κ2) is 7.40. The molecule has 0 bridgehead atoms. The second-order valence-corrected chi connectivity index (χ2v) is 6.09. The third-order valence-corrected chi connectivity index (χ3v) is 4.30. The molecule has 0 radical (unpaired) electrons. The Morgan fingerprint density at radius 3 is 2.77 bits per heavy atom. The number of cyclic esters (lactones) is 1. The van der Waals surface area contributed by atoms with Crippen LogP contribution < -0.4 is 5.84 Å². The number of aryl methyl sites for hydroxylation is 1. The predicted octanol–water partition coefficient (Wildman–Crippen LogP) is 2.01. The van der Waals surface area contributed by atoms with E-state index in [1.54, 1.807) is 13.1 Å². The number of hydrogen-bond donors (Lipinski definition) is 2. The van der Waals surface area contributed by atoms with Crippen LogP contribution in [0.5, 0.6) is 0 Å². The Labute approximate surface area is 131 Å². The van der Waals surface area contributed by atoms with Gasteiger partial charge in [-0.05, 0) is 37.3 Å². The van der Waals surface area contributed by atoms with E-state index in [-0.39, 0.29) is 5.97 Å². The molecule has 0 spiro atoms. The highest BCUT2D eigenvalue weighted by molar-refractivity contribution is 5.79. The molecule has 0 amide bonds. The van der Waals surface area contributed by atoms with Crippen LogP contribution in [-0.4, -0.2) is 29.5 Å². The van der Waals surface area contributed by atoms with Crippen molar-refractivity contribution >= 4 is 12.2 Å². The maximum Gasteiger partial charge on any atom is 0.311 e. The summed E-state index contributed by atoms with van der Waals surface area (Å²) in [6, 6.07) is 8.08. The fraction of sp³-hybridized carbons (Fsp3) is 0.529. The smallest absolute Gasteiger partial charge is 0.311 e. The molecule has 1 aliphatic rings. The highest BCUT2D eigenvalue weighted by atomic mass is 16.5. The van der Waals surface area contributed by atoms with Gasteiger partial charge in [0.15, 0.2) is 0 Å². The van der Waals surface area contributed by atoms with Gasteiger partial charge >= 0.3 is 5.97 Å². The number of nitrogens with zero attached hydrogens (tertiary/aromatic N) is 1. The molecule has 0 saturated carbocycles. The molecule has 120 valence electrons. The quantitative estimate of drug-likeness (QED) is 0.277. The van der Waals surface area contributed by atoms with E-state index in [2.05, 4.69) is 17.2 Å². The maximum absolute atomic E-state index is 11.8. The molecule has 2 atom stereocenters. The minimum atomic E-state index is -0.932. The average molecular weight is 304 g/mol. The number of ether oxygens (including phenoxy) is 1. The van der Waals surface area contributed by atoms with E-state index >= 15 is 0 Å². The molecule has 0 aromatic heterocycles. The number of hydrazone groups is 1. The zero-order valence-corrected chi connectivity index (χ0v) is 13.0. The lowest BCUT2D eigenvalue weighted by Gasteiger charge is -2.35. The SMILES string of the molecule is CC1(O)CCOC(=O)C1CCCCc1ccc(C=NN)cc1. The first-order chi connectivity index (χ1) is 10.5. The van der Waals surface area contributed by atoms with Crippen LogP contribution in [0.25, 0.3) is 0 Å². The number of carbonyl (C=O) groups excluding carboxylic acids is 1. The number of nitrogens with two attached hydrogens (primary N) is 1. The van der Waals surface area contributed by atoms with E-state index < -0.39 is 11.5 Å². The van der Waals surface area contributed by atoms with Gasteiger partial charge in [-0.25, -0.2) is 0 Å². The van der Waals surface area contributed by atoms with Crippen LogP contribution in [0.2, 0.25) is 0 Å². The van der Waals surface area contributed by atoms with Crippen molar-refractivity contribution in [3.8, 4) is 0 Å². The molecule has 22 heavy (non-hydrogen) atoms. The molecule has 2 rings (SSSR count). The van der Waals surface area contributed by atoms with Gasteiger partial charge in [0.2, 0.25) is 0 Å². The van der Waals surface area contributed by atoms with Crippen molar-refractivity contribution in [2.75, 3.05) is 6.61 Å². The van der Waals surface area contributed by atoms with E-state index in [1.807, 2.05) is 12.1 Å². The van der Waals surface area contributed by atoms with Gasteiger partial charge in [-0.3, -0.25) is 4.79 Å². The first-order valence-electron chi connectivity index (χ1n) is 7.74. The van der Waals surface area contributed by atoms with Crippen molar-refractivity contribution in [2.45, 2.75) is 44.6 Å². The van der Waals surface area contributed by atoms with Gasteiger partial charge in [0.05, 0.1) is 24.3 Å². The van der Waals surface area contributed by atoms with Gasteiger partial charge in [0.25, 0.3) is 0 Å². The summed E-state index contributed by atoms with van der Waals surface area (Å²) in [4.78, 5) is 11.8. The lowest BCUT2D eigenvalue weighted by molar-refractivity contribution is -0.171. The Kier molecular flexibility index (Phi) is 5.55. The number of aliphatic hydroxyl groups is 1. The lowest BCUT2D eigenvalue weighted by atomic mass is 9.81. The standard InChI is InChI=1S/C17H24N2O3/c1-17(21)10-11-22-16(20)15(17)5-3-2-4-13-6-8-14(9-7-13)12-19-18/h6-9,12,15,21H,2-5,10-11,18H2,1H3.